The van der Waals surface area contributed by atoms with Crippen LogP contribution in [0, 0.1) is 6.92 Å². The van der Waals surface area contributed by atoms with E-state index in [0.717, 1.165) is 68.9 Å². The fourth-order valence-electron chi connectivity index (χ4n) is 4.17. The van der Waals surface area contributed by atoms with Crippen LogP contribution in [0.3, 0.4) is 0 Å². The normalized spacial score (nSPS) is 12.7. The standard InChI is InChI=1S/C25H24N4O2S/c1-15-10-11-17(14-26-15)23-20-8-5-9-21-25(32-22(27-21)12-16(2)30)24(20)29(28-23)18-6-4-7-19(13-18)31-3/h4,6-7,10-11,13-14H,5,8-9,12H2,1-3H3. The number of Topliss-reactive ketones (excluding diaryl/α,β-unsaturated/α-hetero) is 1. The summed E-state index contributed by atoms with van der Waals surface area (Å²) in [5.41, 5.74) is 7.19. The molecule has 0 atom stereocenters. The number of nitrogens with zero attached hydrogens (tertiary/aromatic N) is 4. The first kappa shape index (κ1) is 20.6. The van der Waals surface area contributed by atoms with Crippen LogP contribution in [0.5, 0.6) is 5.75 Å². The molecular formula is C25H24N4O2S. The fraction of sp³-hybridized carbons (Fsp3) is 0.280. The summed E-state index contributed by atoms with van der Waals surface area (Å²) in [5, 5.41) is 5.95. The Morgan fingerprint density at radius 1 is 1.22 bits per heavy atom. The number of carbonyl (C=O) groups is 1. The molecule has 0 spiro atoms. The number of fused-ring (bicyclic) bond motifs is 3. The Morgan fingerprint density at radius 2 is 2.09 bits per heavy atom. The Hall–Kier alpha value is -3.32. The van der Waals surface area contributed by atoms with Gasteiger partial charge in [-0.1, -0.05) is 6.07 Å². The summed E-state index contributed by atoms with van der Waals surface area (Å²) in [7, 11) is 1.67. The number of thiazole rings is 1. The van der Waals surface area contributed by atoms with Gasteiger partial charge in [-0.05, 0) is 57.4 Å². The minimum Gasteiger partial charge on any atom is -0.497 e. The molecule has 32 heavy (non-hydrogen) atoms. The number of methoxy groups -OCH3 is 1. The van der Waals surface area contributed by atoms with Crippen LogP contribution in [0.4, 0.5) is 0 Å². The number of pyridine rings is 1. The van der Waals surface area contributed by atoms with Gasteiger partial charge in [0.2, 0.25) is 0 Å². The molecule has 0 radical (unpaired) electrons. The van der Waals surface area contributed by atoms with Crippen molar-refractivity contribution in [3.8, 4) is 33.3 Å². The van der Waals surface area contributed by atoms with Crippen molar-refractivity contribution >= 4 is 17.1 Å². The Bertz CT molecular complexity index is 1300. The molecular weight excluding hydrogens is 420 g/mol. The average molecular weight is 445 g/mol. The van der Waals surface area contributed by atoms with E-state index in [1.165, 1.54) is 5.56 Å². The lowest BCUT2D eigenvalue weighted by Crippen LogP contribution is -2.00. The van der Waals surface area contributed by atoms with Crippen molar-refractivity contribution in [2.75, 3.05) is 7.11 Å². The highest BCUT2D eigenvalue weighted by atomic mass is 32.1. The van der Waals surface area contributed by atoms with Crippen molar-refractivity contribution in [2.45, 2.75) is 39.5 Å². The molecule has 0 aliphatic heterocycles. The SMILES string of the molecule is COc1cccc(-n2nc(-c3ccc(C)nc3)c3c2-c2sc(CC(C)=O)nc2CCC3)c1. The van der Waals surface area contributed by atoms with Gasteiger partial charge < -0.3 is 4.74 Å². The monoisotopic (exact) mass is 444 g/mol. The number of aryl methyl sites for hydroxylation is 2. The van der Waals surface area contributed by atoms with Crippen LogP contribution in [0.2, 0.25) is 0 Å². The van der Waals surface area contributed by atoms with Crippen molar-refractivity contribution in [2.24, 2.45) is 0 Å². The van der Waals surface area contributed by atoms with E-state index in [-0.39, 0.29) is 5.78 Å². The fourth-order valence-corrected chi connectivity index (χ4v) is 5.40. The second-order valence-electron chi connectivity index (χ2n) is 8.09. The quantitative estimate of drug-likeness (QED) is 0.433. The van der Waals surface area contributed by atoms with Crippen molar-refractivity contribution in [1.82, 2.24) is 19.7 Å². The maximum Gasteiger partial charge on any atom is 0.136 e. The van der Waals surface area contributed by atoms with Crippen molar-refractivity contribution in [3.63, 3.8) is 0 Å². The van der Waals surface area contributed by atoms with E-state index in [1.807, 2.05) is 48.1 Å². The van der Waals surface area contributed by atoms with Crippen LogP contribution in [0.1, 0.15) is 35.3 Å². The van der Waals surface area contributed by atoms with Crippen molar-refractivity contribution in [3.05, 3.63) is 64.6 Å². The zero-order valence-electron chi connectivity index (χ0n) is 18.4. The van der Waals surface area contributed by atoms with Gasteiger partial charge in [0.05, 0.1) is 41.2 Å². The summed E-state index contributed by atoms with van der Waals surface area (Å²) in [6.07, 6.45) is 5.05. The largest absolute Gasteiger partial charge is 0.497 e. The maximum absolute atomic E-state index is 11.7. The number of benzene rings is 1. The number of hydrogen-bond acceptors (Lipinski definition) is 6. The molecule has 0 N–H and O–H groups in total. The molecule has 5 rings (SSSR count). The first-order valence-electron chi connectivity index (χ1n) is 10.7. The number of carbonyl (C=O) groups excluding carboxylic acids is 1. The molecule has 0 saturated heterocycles. The van der Waals surface area contributed by atoms with Gasteiger partial charge in [0, 0.05) is 29.1 Å². The minimum atomic E-state index is 0.127. The highest BCUT2D eigenvalue weighted by Gasteiger charge is 2.28. The second-order valence-corrected chi connectivity index (χ2v) is 9.18. The highest BCUT2D eigenvalue weighted by molar-refractivity contribution is 7.15. The Morgan fingerprint density at radius 3 is 2.84 bits per heavy atom. The molecule has 4 aromatic rings. The van der Waals surface area contributed by atoms with Crippen molar-refractivity contribution < 1.29 is 9.53 Å². The van der Waals surface area contributed by atoms with Gasteiger partial charge in [0.1, 0.15) is 16.5 Å². The third-order valence-corrected chi connectivity index (χ3v) is 6.77. The molecule has 0 saturated carbocycles. The molecule has 1 aromatic carbocycles. The average Bonchev–Trinajstić information content (AvgIpc) is 3.30. The van der Waals surface area contributed by atoms with Gasteiger partial charge >= 0.3 is 0 Å². The third kappa shape index (κ3) is 3.73. The summed E-state index contributed by atoms with van der Waals surface area (Å²) in [5.74, 6) is 0.905. The van der Waals surface area contributed by atoms with E-state index in [4.69, 9.17) is 14.8 Å². The van der Waals surface area contributed by atoms with Crippen LogP contribution in [-0.2, 0) is 24.1 Å². The second kappa shape index (κ2) is 8.31. The molecule has 6 nitrogen and oxygen atoms in total. The van der Waals surface area contributed by atoms with E-state index in [1.54, 1.807) is 25.4 Å². The highest BCUT2D eigenvalue weighted by Crippen LogP contribution is 2.42. The van der Waals surface area contributed by atoms with Gasteiger partial charge in [-0.15, -0.1) is 11.3 Å². The zero-order valence-corrected chi connectivity index (χ0v) is 19.2. The van der Waals surface area contributed by atoms with E-state index in [9.17, 15) is 4.79 Å². The van der Waals surface area contributed by atoms with E-state index < -0.39 is 0 Å². The topological polar surface area (TPSA) is 69.9 Å². The molecule has 7 heteroatoms. The number of ether oxygens (including phenoxy) is 1. The third-order valence-electron chi connectivity index (χ3n) is 5.66. The number of rotatable bonds is 5. The minimum absolute atomic E-state index is 0.127. The van der Waals surface area contributed by atoms with Crippen LogP contribution in [0.25, 0.3) is 27.5 Å². The molecule has 0 fully saturated rings. The summed E-state index contributed by atoms with van der Waals surface area (Å²) in [6.45, 7) is 3.60. The van der Waals surface area contributed by atoms with Crippen LogP contribution in [0.15, 0.2) is 42.6 Å². The molecule has 162 valence electrons. The molecule has 1 aliphatic carbocycles. The van der Waals surface area contributed by atoms with Crippen LogP contribution < -0.4 is 4.74 Å². The van der Waals surface area contributed by atoms with E-state index in [0.29, 0.717) is 6.42 Å². The molecule has 3 aromatic heterocycles. The summed E-state index contributed by atoms with van der Waals surface area (Å²) in [6, 6.07) is 12.0. The first-order chi connectivity index (χ1) is 15.5. The Labute approximate surface area is 190 Å². The molecule has 3 heterocycles. The first-order valence-corrected chi connectivity index (χ1v) is 11.5. The van der Waals surface area contributed by atoms with Crippen molar-refractivity contribution in [1.29, 1.82) is 0 Å². The molecule has 0 amide bonds. The van der Waals surface area contributed by atoms with Crippen LogP contribution in [-0.4, -0.2) is 32.6 Å². The molecule has 0 bridgehead atoms. The zero-order chi connectivity index (χ0) is 22.2. The Kier molecular flexibility index (Phi) is 5.35. The summed E-state index contributed by atoms with van der Waals surface area (Å²) >= 11 is 1.61. The van der Waals surface area contributed by atoms with Gasteiger partial charge in [0.15, 0.2) is 0 Å². The van der Waals surface area contributed by atoms with Gasteiger partial charge in [0.25, 0.3) is 0 Å². The number of ketones is 1. The molecule has 0 unspecified atom stereocenters. The smallest absolute Gasteiger partial charge is 0.136 e. The summed E-state index contributed by atoms with van der Waals surface area (Å²) < 4.78 is 7.48. The molecule has 1 aliphatic rings. The van der Waals surface area contributed by atoms with Gasteiger partial charge in [-0.25, -0.2) is 9.67 Å². The Balaban J connectivity index is 1.76. The predicted molar refractivity (Wildman–Crippen MR) is 126 cm³/mol. The lowest BCUT2D eigenvalue weighted by molar-refractivity contribution is -0.116. The van der Waals surface area contributed by atoms with Crippen LogP contribution >= 0.6 is 11.3 Å². The number of aromatic nitrogens is 4. The van der Waals surface area contributed by atoms with Gasteiger partial charge in [-0.2, -0.15) is 5.10 Å². The van der Waals surface area contributed by atoms with Gasteiger partial charge in [-0.3, -0.25) is 9.78 Å². The summed E-state index contributed by atoms with van der Waals surface area (Å²) in [4.78, 5) is 22.2. The lowest BCUT2D eigenvalue weighted by Gasteiger charge is -2.09. The van der Waals surface area contributed by atoms with E-state index >= 15 is 0 Å². The van der Waals surface area contributed by atoms with E-state index in [2.05, 4.69) is 11.1 Å². The lowest BCUT2D eigenvalue weighted by atomic mass is 10.0. The predicted octanol–water partition coefficient (Wildman–Crippen LogP) is 5.00. The maximum atomic E-state index is 11.7. The number of hydrogen-bond donors (Lipinski definition) is 0.